The average Bonchev–Trinajstić information content (AvgIpc) is 3.20. The summed E-state index contributed by atoms with van der Waals surface area (Å²) in [6.07, 6.45) is 5.25. The molecule has 2 aliphatic rings. The van der Waals surface area contributed by atoms with Crippen molar-refractivity contribution >= 4 is 28.6 Å². The Bertz CT molecular complexity index is 793. The Kier molecular flexibility index (Phi) is 4.78. The summed E-state index contributed by atoms with van der Waals surface area (Å²) in [6.45, 7) is 7.52. The first-order chi connectivity index (χ1) is 12.5. The summed E-state index contributed by atoms with van der Waals surface area (Å²) >= 11 is 2.03. The molecule has 0 aliphatic carbocycles. The van der Waals surface area contributed by atoms with Crippen LogP contribution in [0.15, 0.2) is 30.5 Å². The first-order valence-corrected chi connectivity index (χ1v) is 10.6. The highest BCUT2D eigenvalue weighted by Crippen LogP contribution is 2.47. The molecule has 0 radical (unpaired) electrons. The van der Waals surface area contributed by atoms with Crippen molar-refractivity contribution in [1.29, 1.82) is 0 Å². The van der Waals surface area contributed by atoms with Gasteiger partial charge in [-0.05, 0) is 58.0 Å². The highest BCUT2D eigenvalue weighted by molar-refractivity contribution is 8.01. The van der Waals surface area contributed by atoms with Crippen molar-refractivity contribution in [3.63, 3.8) is 0 Å². The molecule has 2 unspecified atom stereocenters. The van der Waals surface area contributed by atoms with Gasteiger partial charge >= 0.3 is 0 Å². The van der Waals surface area contributed by atoms with Crippen LogP contribution in [0, 0.1) is 0 Å². The van der Waals surface area contributed by atoms with Crippen LogP contribution in [-0.2, 0) is 4.79 Å². The zero-order valence-electron chi connectivity index (χ0n) is 16.0. The number of nitrogens with zero attached hydrogens (tertiary/aromatic N) is 2. The third-order valence-electron chi connectivity index (χ3n) is 6.20. The van der Waals surface area contributed by atoms with Crippen molar-refractivity contribution in [2.24, 2.45) is 0 Å². The Balaban J connectivity index is 1.57. The summed E-state index contributed by atoms with van der Waals surface area (Å²) in [6, 6.07) is 8.29. The first-order valence-electron chi connectivity index (χ1n) is 9.76. The number of amides is 1. The van der Waals surface area contributed by atoms with E-state index in [2.05, 4.69) is 53.9 Å². The Morgan fingerprint density at radius 2 is 2.08 bits per heavy atom. The maximum Gasteiger partial charge on any atom is 0.231 e. The SMILES string of the molecule is CCC(C(=O)N1CC2(CCN(C)CC2)SC1C)c1c[nH]c2ccccc12. The van der Waals surface area contributed by atoms with Gasteiger partial charge in [-0.2, -0.15) is 0 Å². The molecular formula is C21H29N3OS. The van der Waals surface area contributed by atoms with Crippen molar-refractivity contribution in [3.8, 4) is 0 Å². The molecule has 1 aromatic carbocycles. The van der Waals surface area contributed by atoms with Crippen LogP contribution in [-0.4, -0.2) is 57.5 Å². The molecule has 1 aromatic heterocycles. The van der Waals surface area contributed by atoms with Crippen LogP contribution in [0.25, 0.3) is 10.9 Å². The van der Waals surface area contributed by atoms with Crippen LogP contribution in [0.4, 0.5) is 0 Å². The molecule has 26 heavy (non-hydrogen) atoms. The second-order valence-electron chi connectivity index (χ2n) is 7.92. The first kappa shape index (κ1) is 17.9. The van der Waals surface area contributed by atoms with Crippen molar-refractivity contribution in [2.45, 2.75) is 49.1 Å². The zero-order valence-corrected chi connectivity index (χ0v) is 16.8. The molecule has 140 valence electrons. The number of carbonyl (C=O) groups excluding carboxylic acids is 1. The van der Waals surface area contributed by atoms with E-state index in [1.807, 2.05) is 24.0 Å². The number of piperidine rings is 1. The minimum atomic E-state index is -0.0596. The number of likely N-dealkylation sites (tertiary alicyclic amines) is 1. The molecule has 2 saturated heterocycles. The fourth-order valence-electron chi connectivity index (χ4n) is 4.57. The van der Waals surface area contributed by atoms with Gasteiger partial charge in [0.05, 0.1) is 11.3 Å². The Hall–Kier alpha value is -1.46. The molecule has 0 bridgehead atoms. The predicted octanol–water partition coefficient (Wildman–Crippen LogP) is 4.05. The molecule has 3 heterocycles. The number of carbonyl (C=O) groups is 1. The van der Waals surface area contributed by atoms with Gasteiger partial charge in [0.2, 0.25) is 5.91 Å². The second kappa shape index (κ2) is 6.93. The van der Waals surface area contributed by atoms with E-state index in [0.717, 1.165) is 37.1 Å². The topological polar surface area (TPSA) is 39.3 Å². The summed E-state index contributed by atoms with van der Waals surface area (Å²) in [5, 5.41) is 1.45. The molecule has 2 atom stereocenters. The van der Waals surface area contributed by atoms with Crippen molar-refractivity contribution in [2.75, 3.05) is 26.7 Å². The third-order valence-corrected chi connectivity index (χ3v) is 7.84. The predicted molar refractivity (Wildman–Crippen MR) is 110 cm³/mol. The van der Waals surface area contributed by atoms with Gasteiger partial charge in [-0.3, -0.25) is 4.79 Å². The molecule has 1 spiro atoms. The van der Waals surface area contributed by atoms with Crippen molar-refractivity contribution in [3.05, 3.63) is 36.0 Å². The zero-order chi connectivity index (χ0) is 18.3. The van der Waals surface area contributed by atoms with Crippen LogP contribution < -0.4 is 0 Å². The fraction of sp³-hybridized carbons (Fsp3) is 0.571. The van der Waals surface area contributed by atoms with E-state index in [9.17, 15) is 4.79 Å². The highest BCUT2D eigenvalue weighted by Gasteiger charge is 2.47. The number of nitrogens with one attached hydrogen (secondary N) is 1. The van der Waals surface area contributed by atoms with Gasteiger partial charge in [-0.1, -0.05) is 25.1 Å². The molecule has 2 aliphatic heterocycles. The molecule has 4 rings (SSSR count). The maximum atomic E-state index is 13.5. The smallest absolute Gasteiger partial charge is 0.231 e. The molecule has 0 saturated carbocycles. The van der Waals surface area contributed by atoms with Crippen LogP contribution in [0.1, 0.15) is 44.6 Å². The van der Waals surface area contributed by atoms with Gasteiger partial charge in [0.1, 0.15) is 0 Å². The summed E-state index contributed by atoms with van der Waals surface area (Å²) in [5.41, 5.74) is 2.26. The Morgan fingerprint density at radius 3 is 2.81 bits per heavy atom. The van der Waals surface area contributed by atoms with E-state index in [1.165, 1.54) is 18.2 Å². The lowest BCUT2D eigenvalue weighted by Crippen LogP contribution is -2.45. The van der Waals surface area contributed by atoms with E-state index >= 15 is 0 Å². The summed E-state index contributed by atoms with van der Waals surface area (Å²) in [7, 11) is 2.20. The normalized spacial score (nSPS) is 24.4. The second-order valence-corrected chi connectivity index (χ2v) is 9.70. The molecule has 4 nitrogen and oxygen atoms in total. The molecular weight excluding hydrogens is 342 g/mol. The highest BCUT2D eigenvalue weighted by atomic mass is 32.2. The lowest BCUT2D eigenvalue weighted by molar-refractivity contribution is -0.133. The van der Waals surface area contributed by atoms with Gasteiger partial charge in [0.25, 0.3) is 0 Å². The van der Waals surface area contributed by atoms with E-state index < -0.39 is 0 Å². The van der Waals surface area contributed by atoms with E-state index in [1.54, 1.807) is 0 Å². The van der Waals surface area contributed by atoms with Gasteiger partial charge in [-0.15, -0.1) is 11.8 Å². The van der Waals surface area contributed by atoms with Crippen molar-refractivity contribution in [1.82, 2.24) is 14.8 Å². The number of rotatable bonds is 3. The number of thioether (sulfide) groups is 1. The number of H-pyrrole nitrogens is 1. The summed E-state index contributed by atoms with van der Waals surface area (Å²) in [4.78, 5) is 21.4. The monoisotopic (exact) mass is 371 g/mol. The molecule has 5 heteroatoms. The molecule has 2 aromatic rings. The van der Waals surface area contributed by atoms with Crippen LogP contribution in [0.5, 0.6) is 0 Å². The minimum Gasteiger partial charge on any atom is -0.361 e. The largest absolute Gasteiger partial charge is 0.361 e. The average molecular weight is 372 g/mol. The van der Waals surface area contributed by atoms with Gasteiger partial charge < -0.3 is 14.8 Å². The van der Waals surface area contributed by atoms with Crippen molar-refractivity contribution < 1.29 is 4.79 Å². The molecule has 1 N–H and O–H groups in total. The van der Waals surface area contributed by atoms with Gasteiger partial charge in [0.15, 0.2) is 0 Å². The molecule has 1 amide bonds. The number of hydrogen-bond donors (Lipinski definition) is 1. The van der Waals surface area contributed by atoms with E-state index in [4.69, 9.17) is 0 Å². The standard InChI is InChI=1S/C21H29N3OS/c1-4-16(18-13-22-19-8-6-5-7-17(18)19)20(25)24-14-21(26-15(24)2)9-11-23(3)12-10-21/h5-8,13,15-16,22H,4,9-12,14H2,1-3H3. The van der Waals surface area contributed by atoms with E-state index in [-0.39, 0.29) is 16.0 Å². The summed E-state index contributed by atoms with van der Waals surface area (Å²) in [5.74, 6) is 0.240. The van der Waals surface area contributed by atoms with E-state index in [0.29, 0.717) is 5.91 Å². The lowest BCUT2D eigenvalue weighted by Gasteiger charge is -2.36. The minimum absolute atomic E-state index is 0.0596. The number of benzene rings is 1. The maximum absolute atomic E-state index is 13.5. The number of aromatic nitrogens is 1. The number of fused-ring (bicyclic) bond motifs is 1. The molecule has 2 fully saturated rings. The van der Waals surface area contributed by atoms with Gasteiger partial charge in [0, 0.05) is 28.4 Å². The van der Waals surface area contributed by atoms with Crippen LogP contribution in [0.3, 0.4) is 0 Å². The summed E-state index contributed by atoms with van der Waals surface area (Å²) < 4.78 is 0.264. The third kappa shape index (κ3) is 3.05. The number of para-hydroxylation sites is 1. The Morgan fingerprint density at radius 1 is 1.35 bits per heavy atom. The lowest BCUT2D eigenvalue weighted by atomic mass is 9.92. The van der Waals surface area contributed by atoms with Gasteiger partial charge in [-0.25, -0.2) is 0 Å². The fourth-order valence-corrected chi connectivity index (χ4v) is 6.23. The number of aromatic amines is 1. The number of hydrogen-bond acceptors (Lipinski definition) is 3. The quantitative estimate of drug-likeness (QED) is 0.885. The van der Waals surface area contributed by atoms with Crippen LogP contribution >= 0.6 is 11.8 Å². The van der Waals surface area contributed by atoms with Crippen LogP contribution in [0.2, 0.25) is 0 Å². The Labute approximate surface area is 160 Å².